The smallest absolute Gasteiger partial charge is 0.127 e. The highest BCUT2D eigenvalue weighted by Gasteiger charge is 2.16. The summed E-state index contributed by atoms with van der Waals surface area (Å²) in [6.45, 7) is 0.597. The number of rotatable bonds is 5. The molecule has 0 amide bonds. The van der Waals surface area contributed by atoms with Crippen molar-refractivity contribution in [2.45, 2.75) is 25.3 Å². The van der Waals surface area contributed by atoms with Crippen molar-refractivity contribution in [1.29, 1.82) is 0 Å². The second kappa shape index (κ2) is 7.21. The molecule has 1 atom stereocenters. The third kappa shape index (κ3) is 4.30. The van der Waals surface area contributed by atoms with Crippen LogP contribution < -0.4 is 11.5 Å². The van der Waals surface area contributed by atoms with Crippen molar-refractivity contribution in [2.24, 2.45) is 11.5 Å². The van der Waals surface area contributed by atoms with Gasteiger partial charge >= 0.3 is 0 Å². The van der Waals surface area contributed by atoms with E-state index in [0.717, 1.165) is 25.0 Å². The number of unbranched alkanes of at least 4 members (excludes halogenated alkanes) is 1. The van der Waals surface area contributed by atoms with Gasteiger partial charge in [-0.2, -0.15) is 0 Å². The van der Waals surface area contributed by atoms with E-state index in [1.165, 1.54) is 0 Å². The average molecular weight is 263 g/mol. The largest absolute Gasteiger partial charge is 0.508 e. The first-order valence-corrected chi connectivity index (χ1v) is 5.26. The van der Waals surface area contributed by atoms with E-state index in [4.69, 9.17) is 16.6 Å². The average Bonchev–Trinajstić information content (AvgIpc) is 2.16. The van der Waals surface area contributed by atoms with Crippen molar-refractivity contribution >= 4 is 12.4 Å². The molecule has 5 nitrogen and oxygen atoms in total. The van der Waals surface area contributed by atoms with E-state index in [9.17, 15) is 10.2 Å². The zero-order valence-electron chi connectivity index (χ0n) is 9.47. The van der Waals surface area contributed by atoms with E-state index < -0.39 is 6.04 Å². The predicted octanol–water partition coefficient (Wildman–Crippen LogP) is 1.35. The molecule has 0 heterocycles. The van der Waals surface area contributed by atoms with Gasteiger partial charge in [-0.3, -0.25) is 0 Å². The van der Waals surface area contributed by atoms with E-state index in [2.05, 4.69) is 0 Å². The Bertz CT molecular complexity index is 338. The summed E-state index contributed by atoms with van der Waals surface area (Å²) in [6, 6.07) is 1.88. The van der Waals surface area contributed by atoms with Crippen LogP contribution in [0.25, 0.3) is 0 Å². The lowest BCUT2D eigenvalue weighted by Crippen LogP contribution is -2.11. The van der Waals surface area contributed by atoms with Crippen molar-refractivity contribution in [1.82, 2.24) is 0 Å². The van der Waals surface area contributed by atoms with E-state index >= 15 is 0 Å². The second-order valence-electron chi connectivity index (χ2n) is 3.79. The van der Waals surface area contributed by atoms with Gasteiger partial charge in [-0.05, 0) is 19.4 Å². The Kier molecular flexibility index (Phi) is 6.72. The number of nitrogens with two attached hydrogens (primary N) is 2. The maximum absolute atomic E-state index is 9.57. The molecule has 7 N–H and O–H groups in total. The Morgan fingerprint density at radius 1 is 1.06 bits per heavy atom. The SMILES string of the molecule is Cl.NCCCC[C@@H](N)c1c(O)cc(O)cc1O. The number of halogens is 1. The van der Waals surface area contributed by atoms with Crippen LogP contribution in [0.15, 0.2) is 12.1 Å². The summed E-state index contributed by atoms with van der Waals surface area (Å²) < 4.78 is 0. The molecular formula is C11H19ClN2O3. The molecule has 0 spiro atoms. The monoisotopic (exact) mass is 262 g/mol. The van der Waals surface area contributed by atoms with Gasteiger partial charge in [0.25, 0.3) is 0 Å². The molecule has 0 aliphatic heterocycles. The predicted molar refractivity (Wildman–Crippen MR) is 68.5 cm³/mol. The molecule has 0 aliphatic rings. The van der Waals surface area contributed by atoms with Crippen molar-refractivity contribution in [3.05, 3.63) is 17.7 Å². The Morgan fingerprint density at radius 3 is 2.06 bits per heavy atom. The number of aromatic hydroxyl groups is 3. The molecule has 0 unspecified atom stereocenters. The fraction of sp³-hybridized carbons (Fsp3) is 0.455. The summed E-state index contributed by atoms with van der Waals surface area (Å²) in [6.07, 6.45) is 2.31. The van der Waals surface area contributed by atoms with Crippen LogP contribution in [0.1, 0.15) is 30.9 Å². The zero-order chi connectivity index (χ0) is 12.1. The van der Waals surface area contributed by atoms with Crippen LogP contribution in [0.4, 0.5) is 0 Å². The van der Waals surface area contributed by atoms with Gasteiger partial charge in [-0.25, -0.2) is 0 Å². The second-order valence-corrected chi connectivity index (χ2v) is 3.79. The third-order valence-corrected chi connectivity index (χ3v) is 2.46. The van der Waals surface area contributed by atoms with Gasteiger partial charge in [0.1, 0.15) is 17.2 Å². The van der Waals surface area contributed by atoms with Gasteiger partial charge in [0.15, 0.2) is 0 Å². The van der Waals surface area contributed by atoms with E-state index in [1.807, 2.05) is 0 Å². The van der Waals surface area contributed by atoms with E-state index in [-0.39, 0.29) is 35.2 Å². The van der Waals surface area contributed by atoms with Crippen molar-refractivity contribution < 1.29 is 15.3 Å². The van der Waals surface area contributed by atoms with Crippen LogP contribution in [0.2, 0.25) is 0 Å². The van der Waals surface area contributed by atoms with Gasteiger partial charge < -0.3 is 26.8 Å². The highest BCUT2D eigenvalue weighted by atomic mass is 35.5. The summed E-state index contributed by atoms with van der Waals surface area (Å²) in [4.78, 5) is 0. The molecule has 1 aromatic carbocycles. The summed E-state index contributed by atoms with van der Waals surface area (Å²) in [7, 11) is 0. The summed E-state index contributed by atoms with van der Waals surface area (Å²) in [5.41, 5.74) is 11.5. The summed E-state index contributed by atoms with van der Waals surface area (Å²) >= 11 is 0. The summed E-state index contributed by atoms with van der Waals surface area (Å²) in [5, 5.41) is 28.3. The van der Waals surface area contributed by atoms with E-state index in [0.29, 0.717) is 13.0 Å². The highest BCUT2D eigenvalue weighted by molar-refractivity contribution is 5.85. The van der Waals surface area contributed by atoms with Crippen LogP contribution >= 0.6 is 12.4 Å². The normalized spacial score (nSPS) is 11.9. The quantitative estimate of drug-likeness (QED) is 0.514. The van der Waals surface area contributed by atoms with E-state index in [1.54, 1.807) is 0 Å². The Hall–Kier alpha value is -1.17. The molecule has 1 aromatic rings. The molecule has 17 heavy (non-hydrogen) atoms. The lowest BCUT2D eigenvalue weighted by molar-refractivity contribution is 0.407. The highest BCUT2D eigenvalue weighted by Crippen LogP contribution is 2.37. The molecule has 0 radical (unpaired) electrons. The standard InChI is InChI=1S/C11H18N2O3.ClH/c12-4-2-1-3-8(13)11-9(15)5-7(14)6-10(11)16;/h5-6,8,14-16H,1-4,12-13H2;1H/t8-;/m1./s1. The molecule has 0 fully saturated rings. The van der Waals surface area contributed by atoms with Crippen molar-refractivity contribution in [2.75, 3.05) is 6.54 Å². The fourth-order valence-electron chi connectivity index (χ4n) is 1.64. The lowest BCUT2D eigenvalue weighted by Gasteiger charge is -2.15. The minimum Gasteiger partial charge on any atom is -0.508 e. The first-order valence-electron chi connectivity index (χ1n) is 5.26. The molecule has 1 rings (SSSR count). The topological polar surface area (TPSA) is 113 Å². The number of phenolic OH excluding ortho intramolecular Hbond substituents is 3. The maximum atomic E-state index is 9.57. The number of benzene rings is 1. The number of hydrogen-bond donors (Lipinski definition) is 5. The molecule has 0 aromatic heterocycles. The van der Waals surface area contributed by atoms with Crippen LogP contribution in [0.5, 0.6) is 17.2 Å². The summed E-state index contributed by atoms with van der Waals surface area (Å²) in [5.74, 6) is -0.552. The Balaban J connectivity index is 0.00000256. The van der Waals surface area contributed by atoms with Crippen molar-refractivity contribution in [3.8, 4) is 17.2 Å². The minimum absolute atomic E-state index is 0. The number of phenols is 3. The molecule has 6 heteroatoms. The molecule has 0 saturated heterocycles. The molecule has 0 saturated carbocycles. The molecular weight excluding hydrogens is 244 g/mol. The lowest BCUT2D eigenvalue weighted by atomic mass is 9.99. The zero-order valence-corrected chi connectivity index (χ0v) is 10.3. The van der Waals surface area contributed by atoms with Crippen LogP contribution in [0, 0.1) is 0 Å². The minimum atomic E-state index is -0.452. The first-order chi connectivity index (χ1) is 7.56. The third-order valence-electron chi connectivity index (χ3n) is 2.46. The maximum Gasteiger partial charge on any atom is 0.127 e. The van der Waals surface area contributed by atoms with Gasteiger partial charge in [0.05, 0.1) is 5.56 Å². The first kappa shape index (κ1) is 15.8. The molecule has 0 aliphatic carbocycles. The molecule has 98 valence electrons. The van der Waals surface area contributed by atoms with Gasteiger partial charge in [0, 0.05) is 18.2 Å². The van der Waals surface area contributed by atoms with Gasteiger partial charge in [0.2, 0.25) is 0 Å². The van der Waals surface area contributed by atoms with Gasteiger partial charge in [-0.15, -0.1) is 12.4 Å². The van der Waals surface area contributed by atoms with Gasteiger partial charge in [-0.1, -0.05) is 6.42 Å². The number of hydrogen-bond acceptors (Lipinski definition) is 5. The van der Waals surface area contributed by atoms with Crippen LogP contribution in [-0.4, -0.2) is 21.9 Å². The fourth-order valence-corrected chi connectivity index (χ4v) is 1.64. The van der Waals surface area contributed by atoms with Crippen LogP contribution in [0.3, 0.4) is 0 Å². The Morgan fingerprint density at radius 2 is 1.59 bits per heavy atom. The van der Waals surface area contributed by atoms with Crippen LogP contribution in [-0.2, 0) is 0 Å². The Labute approximate surface area is 106 Å². The molecule has 0 bridgehead atoms. The van der Waals surface area contributed by atoms with Crippen molar-refractivity contribution in [3.63, 3.8) is 0 Å².